The smallest absolute Gasteiger partial charge is 0.349 e. The van der Waals surface area contributed by atoms with Gasteiger partial charge in [0, 0.05) is 50.0 Å². The fourth-order valence-corrected chi connectivity index (χ4v) is 3.78. The van der Waals surface area contributed by atoms with Crippen molar-refractivity contribution in [1.82, 2.24) is 24.4 Å². The molecule has 10 nitrogen and oxygen atoms in total. The number of aromatic nitrogens is 4. The highest BCUT2D eigenvalue weighted by Crippen LogP contribution is 2.25. The molecule has 1 aromatic carbocycles. The lowest BCUT2D eigenvalue weighted by Gasteiger charge is -2.35. The molecule has 0 bridgehead atoms. The Morgan fingerprint density at radius 1 is 1.09 bits per heavy atom. The van der Waals surface area contributed by atoms with Gasteiger partial charge >= 0.3 is 5.63 Å². The number of nitrogens with zero attached hydrogens (tertiary/aromatic N) is 6. The Balaban J connectivity index is 1.33. The molecule has 0 spiro atoms. The summed E-state index contributed by atoms with van der Waals surface area (Å²) in [4.78, 5) is 42.0. The number of benzene rings is 1. The molecular formula is C22H20N6O4. The summed E-state index contributed by atoms with van der Waals surface area (Å²) in [6.07, 6.45) is 6.68. The lowest BCUT2D eigenvalue weighted by atomic mass is 10.1. The van der Waals surface area contributed by atoms with Crippen LogP contribution in [0.15, 0.2) is 64.6 Å². The summed E-state index contributed by atoms with van der Waals surface area (Å²) in [5.74, 6) is 1.60. The second-order valence-electron chi connectivity index (χ2n) is 7.31. The van der Waals surface area contributed by atoms with Crippen LogP contribution in [0.25, 0.3) is 16.8 Å². The number of imidazole rings is 1. The van der Waals surface area contributed by atoms with Gasteiger partial charge in [-0.3, -0.25) is 9.36 Å². The van der Waals surface area contributed by atoms with E-state index >= 15 is 0 Å². The number of piperazine rings is 1. The quantitative estimate of drug-likeness (QED) is 0.449. The summed E-state index contributed by atoms with van der Waals surface area (Å²) >= 11 is 0. The fraction of sp³-hybridized carbons (Fsp3) is 0.227. The summed E-state index contributed by atoms with van der Waals surface area (Å²) in [7, 11) is 1.50. The van der Waals surface area contributed by atoms with E-state index in [1.807, 2.05) is 12.3 Å². The monoisotopic (exact) mass is 432 g/mol. The molecule has 1 aliphatic rings. The van der Waals surface area contributed by atoms with Crippen LogP contribution in [0.5, 0.6) is 5.75 Å². The van der Waals surface area contributed by atoms with Crippen molar-refractivity contribution in [2.45, 2.75) is 0 Å². The Morgan fingerprint density at radius 2 is 1.91 bits per heavy atom. The number of para-hydroxylation sites is 1. The van der Waals surface area contributed by atoms with Crippen LogP contribution in [0, 0.1) is 0 Å². The molecular weight excluding hydrogens is 412 g/mol. The van der Waals surface area contributed by atoms with E-state index in [9.17, 15) is 9.59 Å². The molecule has 0 unspecified atom stereocenters. The molecule has 0 radical (unpaired) electrons. The van der Waals surface area contributed by atoms with E-state index in [0.717, 1.165) is 11.6 Å². The molecule has 0 saturated carbocycles. The normalized spacial score (nSPS) is 14.0. The SMILES string of the molecule is COc1cccc2cc(C(=O)N3CCN(c4cc(-n5ccnc5)ncn4)CC3)c(=O)oc12. The molecule has 1 saturated heterocycles. The third kappa shape index (κ3) is 3.55. The standard InChI is InChI=1S/C22H20N6O4/c1-31-17-4-2-3-15-11-16(22(30)32-20(15)17)21(29)27-9-7-26(8-10-27)18-12-19(25-13-24-18)28-6-5-23-14-28/h2-6,11-14H,7-10H2,1H3. The van der Waals surface area contributed by atoms with Gasteiger partial charge in [0.1, 0.15) is 29.9 Å². The number of rotatable bonds is 4. The van der Waals surface area contributed by atoms with Crippen molar-refractivity contribution in [2.24, 2.45) is 0 Å². The minimum atomic E-state index is -0.671. The molecule has 1 amide bonds. The van der Waals surface area contributed by atoms with E-state index < -0.39 is 5.63 Å². The van der Waals surface area contributed by atoms with E-state index in [2.05, 4.69) is 19.9 Å². The van der Waals surface area contributed by atoms with Gasteiger partial charge < -0.3 is 19.0 Å². The maximum atomic E-state index is 13.1. The third-order valence-electron chi connectivity index (χ3n) is 5.47. The van der Waals surface area contributed by atoms with Gasteiger partial charge in [-0.15, -0.1) is 0 Å². The van der Waals surface area contributed by atoms with Crippen molar-refractivity contribution in [3.63, 3.8) is 0 Å². The van der Waals surface area contributed by atoms with Crippen molar-refractivity contribution in [3.8, 4) is 11.6 Å². The summed E-state index contributed by atoms with van der Waals surface area (Å²) in [6, 6.07) is 8.72. The molecule has 32 heavy (non-hydrogen) atoms. The predicted octanol–water partition coefficient (Wildman–Crippen LogP) is 1.74. The lowest BCUT2D eigenvalue weighted by molar-refractivity contribution is 0.0742. The van der Waals surface area contributed by atoms with Gasteiger partial charge in [-0.2, -0.15) is 0 Å². The second-order valence-corrected chi connectivity index (χ2v) is 7.31. The van der Waals surface area contributed by atoms with Gasteiger partial charge in [-0.1, -0.05) is 12.1 Å². The van der Waals surface area contributed by atoms with Crippen molar-refractivity contribution in [3.05, 3.63) is 71.4 Å². The van der Waals surface area contributed by atoms with Crippen molar-refractivity contribution >= 4 is 22.7 Å². The summed E-state index contributed by atoms with van der Waals surface area (Å²) in [5, 5.41) is 0.638. The topological polar surface area (TPSA) is 107 Å². The van der Waals surface area contributed by atoms with E-state index in [0.29, 0.717) is 42.9 Å². The minimum absolute atomic E-state index is 0.0173. The molecule has 0 atom stereocenters. The van der Waals surface area contributed by atoms with Gasteiger partial charge in [0.2, 0.25) is 0 Å². The zero-order valence-electron chi connectivity index (χ0n) is 17.3. The first kappa shape index (κ1) is 19.7. The van der Waals surface area contributed by atoms with Crippen LogP contribution in [0.4, 0.5) is 5.82 Å². The summed E-state index contributed by atoms with van der Waals surface area (Å²) in [5.41, 5.74) is -0.322. The van der Waals surface area contributed by atoms with Crippen LogP contribution in [-0.4, -0.2) is 63.6 Å². The van der Waals surface area contributed by atoms with Gasteiger partial charge in [0.15, 0.2) is 11.3 Å². The van der Waals surface area contributed by atoms with Gasteiger partial charge in [-0.05, 0) is 12.1 Å². The first-order valence-corrected chi connectivity index (χ1v) is 10.1. The highest BCUT2D eigenvalue weighted by atomic mass is 16.5. The maximum absolute atomic E-state index is 13.1. The highest BCUT2D eigenvalue weighted by molar-refractivity contribution is 5.97. The molecule has 3 aromatic heterocycles. The number of ether oxygens (including phenoxy) is 1. The van der Waals surface area contributed by atoms with Crippen LogP contribution in [0.1, 0.15) is 10.4 Å². The number of carbonyl (C=O) groups is 1. The molecule has 1 fully saturated rings. The molecule has 162 valence electrons. The van der Waals surface area contributed by atoms with Crippen molar-refractivity contribution in [1.29, 1.82) is 0 Å². The highest BCUT2D eigenvalue weighted by Gasteiger charge is 2.26. The first-order valence-electron chi connectivity index (χ1n) is 10.1. The summed E-state index contributed by atoms with van der Waals surface area (Å²) in [6.45, 7) is 2.08. The largest absolute Gasteiger partial charge is 0.493 e. The molecule has 10 heteroatoms. The Kier molecular flexibility index (Phi) is 5.02. The molecule has 5 rings (SSSR count). The third-order valence-corrected chi connectivity index (χ3v) is 5.47. The van der Waals surface area contributed by atoms with Gasteiger partial charge in [-0.25, -0.2) is 19.7 Å². The zero-order valence-corrected chi connectivity index (χ0v) is 17.3. The van der Waals surface area contributed by atoms with E-state index in [4.69, 9.17) is 9.15 Å². The van der Waals surface area contributed by atoms with Crippen LogP contribution < -0.4 is 15.3 Å². The van der Waals surface area contributed by atoms with Crippen LogP contribution >= 0.6 is 0 Å². The maximum Gasteiger partial charge on any atom is 0.349 e. The minimum Gasteiger partial charge on any atom is -0.493 e. The Labute approximate surface area is 182 Å². The number of amides is 1. The Bertz CT molecular complexity index is 1330. The van der Waals surface area contributed by atoms with Gasteiger partial charge in [0.25, 0.3) is 5.91 Å². The Hall–Kier alpha value is -4.21. The molecule has 4 aromatic rings. The molecule has 1 aliphatic heterocycles. The van der Waals surface area contributed by atoms with E-state index in [-0.39, 0.29) is 11.5 Å². The average molecular weight is 432 g/mol. The van der Waals surface area contributed by atoms with E-state index in [1.54, 1.807) is 46.3 Å². The lowest BCUT2D eigenvalue weighted by Crippen LogP contribution is -2.49. The predicted molar refractivity (Wildman–Crippen MR) is 116 cm³/mol. The first-order chi connectivity index (χ1) is 15.6. The summed E-state index contributed by atoms with van der Waals surface area (Å²) < 4.78 is 12.4. The molecule has 4 heterocycles. The van der Waals surface area contributed by atoms with Crippen molar-refractivity contribution in [2.75, 3.05) is 38.2 Å². The zero-order chi connectivity index (χ0) is 22.1. The number of hydrogen-bond donors (Lipinski definition) is 0. The van der Waals surface area contributed by atoms with Crippen LogP contribution in [0.3, 0.4) is 0 Å². The number of hydrogen-bond acceptors (Lipinski definition) is 8. The van der Waals surface area contributed by atoms with Gasteiger partial charge in [0.05, 0.1) is 7.11 Å². The number of anilines is 1. The fourth-order valence-electron chi connectivity index (χ4n) is 3.78. The average Bonchev–Trinajstić information content (AvgIpc) is 3.38. The second kappa shape index (κ2) is 8.14. The van der Waals surface area contributed by atoms with E-state index in [1.165, 1.54) is 13.4 Å². The van der Waals surface area contributed by atoms with Crippen molar-refractivity contribution < 1.29 is 13.9 Å². The number of methoxy groups -OCH3 is 1. The number of fused-ring (bicyclic) bond motifs is 1. The van der Waals surface area contributed by atoms with Crippen LogP contribution in [0.2, 0.25) is 0 Å². The molecule has 0 N–H and O–H groups in total. The van der Waals surface area contributed by atoms with Crippen LogP contribution in [-0.2, 0) is 0 Å². The molecule has 0 aliphatic carbocycles. The number of carbonyl (C=O) groups excluding carboxylic acids is 1. The Morgan fingerprint density at radius 3 is 2.66 bits per heavy atom.